The number of nitrogens with zero attached hydrogens (tertiary/aromatic N) is 2. The van der Waals surface area contributed by atoms with Crippen molar-refractivity contribution >= 4 is 55.0 Å². The highest BCUT2D eigenvalue weighted by Crippen LogP contribution is 2.27. The maximum absolute atomic E-state index is 12.1. The summed E-state index contributed by atoms with van der Waals surface area (Å²) < 4.78 is 27.2. The minimum atomic E-state index is -3.77. The molecule has 2 rings (SSSR count). The zero-order valence-electron chi connectivity index (χ0n) is 9.14. The lowest BCUT2D eigenvalue weighted by Gasteiger charge is -2.08. The molecule has 5 nitrogen and oxygen atoms in total. The molecule has 0 atom stereocenters. The fourth-order valence-electron chi connectivity index (χ4n) is 1.22. The van der Waals surface area contributed by atoms with Crippen molar-refractivity contribution in [3.05, 3.63) is 45.2 Å². The van der Waals surface area contributed by atoms with Gasteiger partial charge in [0.05, 0.1) is 4.90 Å². The molecule has 1 aromatic carbocycles. The largest absolute Gasteiger partial charge is 0.263 e. The van der Waals surface area contributed by atoms with Crippen molar-refractivity contribution in [1.82, 2.24) is 9.97 Å². The summed E-state index contributed by atoms with van der Waals surface area (Å²) in [7, 11) is -3.77. The maximum Gasteiger partial charge on any atom is 0.263 e. The highest BCUT2D eigenvalue weighted by Gasteiger charge is 2.17. The average molecular weight is 383 g/mol. The Balaban J connectivity index is 2.36. The molecule has 0 radical (unpaired) electrons. The Morgan fingerprint density at radius 3 is 2.37 bits per heavy atom. The first-order chi connectivity index (χ1) is 8.90. The van der Waals surface area contributed by atoms with E-state index < -0.39 is 10.0 Å². The second-order valence-electron chi connectivity index (χ2n) is 3.39. The molecular formula is C10H6BrCl2N3O2S. The van der Waals surface area contributed by atoms with Gasteiger partial charge in [-0.05, 0) is 24.3 Å². The van der Waals surface area contributed by atoms with Crippen LogP contribution in [0.1, 0.15) is 0 Å². The number of rotatable bonds is 3. The van der Waals surface area contributed by atoms with Gasteiger partial charge in [0.25, 0.3) is 10.0 Å². The van der Waals surface area contributed by atoms with Crippen molar-refractivity contribution in [1.29, 1.82) is 0 Å². The summed E-state index contributed by atoms with van der Waals surface area (Å²) in [5.41, 5.74) is 0. The lowest BCUT2D eigenvalue weighted by atomic mass is 10.4. The van der Waals surface area contributed by atoms with Crippen LogP contribution in [0.15, 0.2) is 40.0 Å². The first-order valence-corrected chi connectivity index (χ1v) is 7.88. The molecule has 19 heavy (non-hydrogen) atoms. The molecule has 1 aromatic heterocycles. The van der Waals surface area contributed by atoms with E-state index >= 15 is 0 Å². The third kappa shape index (κ3) is 3.36. The fraction of sp³-hybridized carbons (Fsp3) is 0. The van der Waals surface area contributed by atoms with Crippen LogP contribution in [0.2, 0.25) is 10.2 Å². The number of hydrogen-bond acceptors (Lipinski definition) is 4. The second kappa shape index (κ2) is 5.62. The zero-order valence-corrected chi connectivity index (χ0v) is 13.1. The van der Waals surface area contributed by atoms with Gasteiger partial charge in [0, 0.05) is 4.47 Å². The first-order valence-electron chi connectivity index (χ1n) is 4.84. The van der Waals surface area contributed by atoms with Crippen molar-refractivity contribution in [2.45, 2.75) is 4.90 Å². The molecular weight excluding hydrogens is 377 g/mol. The Morgan fingerprint density at radius 2 is 1.74 bits per heavy atom. The van der Waals surface area contributed by atoms with Crippen molar-refractivity contribution in [2.75, 3.05) is 4.72 Å². The van der Waals surface area contributed by atoms with E-state index in [0.29, 0.717) is 0 Å². The SMILES string of the molecule is O=S(=O)(Nc1ncnc(Cl)c1Cl)c1ccc(Br)cc1. The summed E-state index contributed by atoms with van der Waals surface area (Å²) in [4.78, 5) is 7.46. The minimum absolute atomic E-state index is 0.0230. The van der Waals surface area contributed by atoms with Crippen LogP contribution in [0, 0.1) is 0 Å². The van der Waals surface area contributed by atoms with Crippen LogP contribution in [0.4, 0.5) is 5.82 Å². The van der Waals surface area contributed by atoms with Gasteiger partial charge in [-0.25, -0.2) is 18.4 Å². The van der Waals surface area contributed by atoms with Gasteiger partial charge in [-0.1, -0.05) is 39.1 Å². The first kappa shape index (κ1) is 14.5. The fourth-order valence-corrected chi connectivity index (χ4v) is 2.84. The Labute approximate surface area is 128 Å². The second-order valence-corrected chi connectivity index (χ2v) is 6.72. The van der Waals surface area contributed by atoms with Gasteiger partial charge in [-0.2, -0.15) is 0 Å². The topological polar surface area (TPSA) is 72.0 Å². The van der Waals surface area contributed by atoms with Gasteiger partial charge in [-0.15, -0.1) is 0 Å². The predicted octanol–water partition coefficient (Wildman–Crippen LogP) is 3.35. The number of sulfonamides is 1. The van der Waals surface area contributed by atoms with Crippen molar-refractivity contribution in [3.63, 3.8) is 0 Å². The molecule has 1 heterocycles. The van der Waals surface area contributed by atoms with E-state index in [4.69, 9.17) is 23.2 Å². The molecule has 9 heteroatoms. The van der Waals surface area contributed by atoms with Gasteiger partial charge in [0.15, 0.2) is 11.0 Å². The Kier molecular flexibility index (Phi) is 4.29. The smallest absolute Gasteiger partial charge is 0.262 e. The van der Waals surface area contributed by atoms with Crippen LogP contribution in [0.25, 0.3) is 0 Å². The molecule has 0 amide bonds. The summed E-state index contributed by atoms with van der Waals surface area (Å²) in [5, 5.41) is -0.0740. The third-order valence-corrected chi connectivity index (χ3v) is 4.73. The standard InChI is InChI=1S/C10H6BrCl2N3O2S/c11-6-1-3-7(4-2-6)19(17,18)16-10-8(12)9(13)14-5-15-10/h1-5H,(H,14,15,16). The molecule has 100 valence electrons. The molecule has 0 fully saturated rings. The van der Waals surface area contributed by atoms with E-state index in [2.05, 4.69) is 30.6 Å². The molecule has 0 saturated carbocycles. The van der Waals surface area contributed by atoms with Gasteiger partial charge >= 0.3 is 0 Å². The van der Waals surface area contributed by atoms with Gasteiger partial charge in [0.1, 0.15) is 11.3 Å². The summed E-state index contributed by atoms with van der Waals surface area (Å²) in [6, 6.07) is 6.12. The number of anilines is 1. The summed E-state index contributed by atoms with van der Waals surface area (Å²) >= 11 is 14.7. The molecule has 0 aliphatic carbocycles. The van der Waals surface area contributed by atoms with E-state index in [1.54, 1.807) is 12.1 Å². The van der Waals surface area contributed by atoms with Crippen molar-refractivity contribution < 1.29 is 8.42 Å². The van der Waals surface area contributed by atoms with E-state index in [1.165, 1.54) is 12.1 Å². The van der Waals surface area contributed by atoms with Crippen LogP contribution >= 0.6 is 39.1 Å². The molecule has 0 spiro atoms. The average Bonchev–Trinajstić information content (AvgIpc) is 2.35. The summed E-state index contributed by atoms with van der Waals surface area (Å²) in [6.45, 7) is 0. The Morgan fingerprint density at radius 1 is 1.11 bits per heavy atom. The lowest BCUT2D eigenvalue weighted by Crippen LogP contribution is -2.14. The molecule has 0 saturated heterocycles. The number of hydrogen-bond donors (Lipinski definition) is 1. The predicted molar refractivity (Wildman–Crippen MR) is 77.0 cm³/mol. The summed E-state index contributed by atoms with van der Waals surface area (Å²) in [5.74, 6) is -0.0652. The van der Waals surface area contributed by atoms with Gasteiger partial charge in [-0.3, -0.25) is 4.72 Å². The minimum Gasteiger partial charge on any atom is -0.262 e. The van der Waals surface area contributed by atoms with Crippen molar-refractivity contribution in [3.8, 4) is 0 Å². The number of halogens is 3. The number of benzene rings is 1. The lowest BCUT2D eigenvalue weighted by molar-refractivity contribution is 0.601. The highest BCUT2D eigenvalue weighted by atomic mass is 79.9. The molecule has 0 aliphatic rings. The van der Waals surface area contributed by atoms with E-state index in [-0.39, 0.29) is 20.9 Å². The molecule has 1 N–H and O–H groups in total. The van der Waals surface area contributed by atoms with Crippen LogP contribution in [0.5, 0.6) is 0 Å². The van der Waals surface area contributed by atoms with E-state index in [0.717, 1.165) is 10.8 Å². The number of aromatic nitrogens is 2. The quantitative estimate of drug-likeness (QED) is 0.826. The molecule has 0 bridgehead atoms. The van der Waals surface area contributed by atoms with Crippen LogP contribution in [-0.4, -0.2) is 18.4 Å². The summed E-state index contributed by atoms with van der Waals surface area (Å²) in [6.07, 6.45) is 1.12. The van der Waals surface area contributed by atoms with Crippen LogP contribution in [0.3, 0.4) is 0 Å². The number of nitrogens with one attached hydrogen (secondary N) is 1. The maximum atomic E-state index is 12.1. The van der Waals surface area contributed by atoms with E-state index in [9.17, 15) is 8.42 Å². The van der Waals surface area contributed by atoms with Gasteiger partial charge < -0.3 is 0 Å². The Bertz CT molecular complexity index is 707. The monoisotopic (exact) mass is 381 g/mol. The zero-order chi connectivity index (χ0) is 14.0. The Hall–Kier alpha value is -0.890. The van der Waals surface area contributed by atoms with Crippen LogP contribution in [-0.2, 0) is 10.0 Å². The van der Waals surface area contributed by atoms with Crippen molar-refractivity contribution in [2.24, 2.45) is 0 Å². The van der Waals surface area contributed by atoms with Gasteiger partial charge in [0.2, 0.25) is 0 Å². The normalized spacial score (nSPS) is 11.3. The van der Waals surface area contributed by atoms with Crippen LogP contribution < -0.4 is 4.72 Å². The third-order valence-electron chi connectivity index (χ3n) is 2.10. The molecule has 2 aromatic rings. The molecule has 0 unspecified atom stereocenters. The highest BCUT2D eigenvalue weighted by molar-refractivity contribution is 9.10. The molecule has 0 aliphatic heterocycles. The van der Waals surface area contributed by atoms with E-state index in [1.807, 2.05) is 0 Å².